The fourth-order valence-electron chi connectivity index (χ4n) is 7.57. The first-order valence-corrected chi connectivity index (χ1v) is 27.5. The predicted octanol–water partition coefficient (Wildman–Crippen LogP) is -8.25. The first-order valence-electron chi connectivity index (χ1n) is 21.8. The number of amides is 2. The van der Waals surface area contributed by atoms with Gasteiger partial charge in [0.2, 0.25) is 0 Å². The summed E-state index contributed by atoms with van der Waals surface area (Å²) in [5.74, 6) is -5.68. The number of fused-ring (bicyclic) bond motifs is 2. The summed E-state index contributed by atoms with van der Waals surface area (Å²) < 4.78 is 155. The molecule has 0 bridgehead atoms. The molecule has 2 amide bonds. The standard InChI is InChI=1S/C48H35N9O19S4.5Na/c1-76-39-22-36(55-54-35-12-8-27(19-40(35)79(70,71)72)50-46(60)24-5-3-7-28(15-24)52-53-29-9-13-38(58)34(18-29)48(62)63)33-20-30(77(64,65)66)10-11-32(33)43(39)56-57-44-41(80(73,74)75)17-25-16-31(78(67,68)69)21-37(42(25)45(44)59)51-47(61)23-4-2-6-26(49)14-23;;;;;/h2-22,58-59H,49H2,1H3,(H,50,60)(H,51,61)(H,62,63)(H,64,65,66)(H,67,68,69)(H,70,71,72)(H,73,74,75);;;;;/q;5*+1/p-5. The number of benzene rings is 8. The molecule has 0 saturated heterocycles. The second-order valence-electron chi connectivity index (χ2n) is 16.5. The number of nitrogens with zero attached hydrogens (tertiary/aromatic N) is 6. The fraction of sp³-hybridized carbons (Fsp3) is 0.0208. The van der Waals surface area contributed by atoms with E-state index in [2.05, 4.69) is 41.3 Å². The summed E-state index contributed by atoms with van der Waals surface area (Å²) in [6.45, 7) is 0. The van der Waals surface area contributed by atoms with Gasteiger partial charge in [-0.1, -0.05) is 18.2 Å². The normalized spacial score (nSPS) is 11.7. The van der Waals surface area contributed by atoms with Crippen LogP contribution in [0.1, 0.15) is 31.1 Å². The Morgan fingerprint density at radius 3 is 1.72 bits per heavy atom. The number of aromatic carboxylic acids is 1. The largest absolute Gasteiger partial charge is 1.00 e. The monoisotopic (exact) mass is 1280 g/mol. The SMILES string of the molecule is COc1cc(N=Nc2ccc(NC(=O)c3cccc(N=Nc4ccc(O)c(C(=O)[O-])c4)c3)cc2S(=O)(=O)[O-])c2cc(S(=O)(=O)[O-])ccc2c1N=Nc1c(S(=O)(=O)[O-])cc2cc(S(=O)(=O)[O-])cc(NC(=O)c3cccc(N)c3)c2c1O.[Na+].[Na+].[Na+].[Na+].[Na+]. The summed E-state index contributed by atoms with van der Waals surface area (Å²) in [7, 11) is -20.8. The van der Waals surface area contributed by atoms with Gasteiger partial charge in [-0.2, -0.15) is 10.2 Å². The molecule has 0 unspecified atom stereocenters. The quantitative estimate of drug-likeness (QED) is 0.0260. The van der Waals surface area contributed by atoms with Crippen molar-refractivity contribution in [1.82, 2.24) is 0 Å². The zero-order valence-electron chi connectivity index (χ0n) is 44.9. The summed E-state index contributed by atoms with van der Waals surface area (Å²) in [5.41, 5.74) is 1.74. The molecule has 37 heteroatoms. The molecule has 410 valence electrons. The molecule has 0 fully saturated rings. The number of anilines is 3. The van der Waals surface area contributed by atoms with Crippen LogP contribution < -0.4 is 174 Å². The molecule has 85 heavy (non-hydrogen) atoms. The fourth-order valence-corrected chi connectivity index (χ4v) is 9.88. The Hall–Kier alpha value is -4.67. The van der Waals surface area contributed by atoms with Crippen molar-refractivity contribution in [3.05, 3.63) is 144 Å². The van der Waals surface area contributed by atoms with E-state index in [4.69, 9.17) is 10.5 Å². The van der Waals surface area contributed by atoms with Crippen molar-refractivity contribution in [2.24, 2.45) is 30.7 Å². The van der Waals surface area contributed by atoms with Crippen LogP contribution in [0.5, 0.6) is 17.2 Å². The average molecular weight is 1280 g/mol. The van der Waals surface area contributed by atoms with E-state index in [0.717, 1.165) is 61.7 Å². The van der Waals surface area contributed by atoms with Crippen LogP contribution in [0.2, 0.25) is 0 Å². The van der Waals surface area contributed by atoms with E-state index in [-0.39, 0.29) is 198 Å². The van der Waals surface area contributed by atoms with E-state index >= 15 is 0 Å². The number of methoxy groups -OCH3 is 1. The Balaban J connectivity index is 0.00000378. The molecule has 0 saturated carbocycles. The molecule has 8 rings (SSSR count). The van der Waals surface area contributed by atoms with E-state index in [9.17, 15) is 81.6 Å². The first kappa shape index (κ1) is 74.6. The molecule has 0 aromatic heterocycles. The Labute approximate surface area is 592 Å². The Morgan fingerprint density at radius 2 is 1.12 bits per heavy atom. The molecule has 0 atom stereocenters. The minimum Gasteiger partial charge on any atom is -0.744 e. The number of carboxylic acid groups (broad SMARTS) is 1. The molecule has 0 aliphatic heterocycles. The minimum absolute atomic E-state index is 0. The van der Waals surface area contributed by atoms with Crippen LogP contribution in [-0.4, -0.2) is 87.0 Å². The third-order valence-corrected chi connectivity index (χ3v) is 14.6. The number of ether oxygens (including phenoxy) is 1. The zero-order chi connectivity index (χ0) is 58.2. The van der Waals surface area contributed by atoms with E-state index in [0.29, 0.717) is 18.2 Å². The number of hydrogen-bond donors (Lipinski definition) is 5. The van der Waals surface area contributed by atoms with Crippen LogP contribution in [0.3, 0.4) is 0 Å². The van der Waals surface area contributed by atoms with Gasteiger partial charge in [0.05, 0.1) is 55.4 Å². The van der Waals surface area contributed by atoms with Crippen LogP contribution in [0.25, 0.3) is 21.5 Å². The van der Waals surface area contributed by atoms with E-state index in [1.54, 1.807) is 0 Å². The van der Waals surface area contributed by atoms with Gasteiger partial charge in [-0.25, -0.2) is 33.7 Å². The average Bonchev–Trinajstić information content (AvgIpc) is 3.54. The van der Waals surface area contributed by atoms with Crippen LogP contribution in [0.15, 0.2) is 178 Å². The molecule has 28 nitrogen and oxygen atoms in total. The molecule has 8 aromatic carbocycles. The van der Waals surface area contributed by atoms with Gasteiger partial charge in [-0.15, -0.1) is 20.5 Å². The third kappa shape index (κ3) is 17.8. The maximum Gasteiger partial charge on any atom is 1.00 e. The van der Waals surface area contributed by atoms with Crippen molar-refractivity contribution in [1.29, 1.82) is 0 Å². The van der Waals surface area contributed by atoms with Crippen molar-refractivity contribution in [3.63, 3.8) is 0 Å². The third-order valence-electron chi connectivity index (χ3n) is 11.2. The van der Waals surface area contributed by atoms with Gasteiger partial charge in [0.15, 0.2) is 5.75 Å². The maximum absolute atomic E-state index is 13.3. The molecular formula is C48H30N9Na5O19S4. The van der Waals surface area contributed by atoms with E-state index in [1.165, 1.54) is 54.6 Å². The number of phenolic OH excluding ortho intramolecular Hbond substituents is 1. The molecule has 0 aliphatic carbocycles. The number of nitrogens with one attached hydrogen (secondary N) is 2. The molecule has 0 spiro atoms. The van der Waals surface area contributed by atoms with Gasteiger partial charge in [0.1, 0.15) is 69.0 Å². The number of nitrogens with two attached hydrogens (primary N) is 1. The second-order valence-corrected chi connectivity index (χ2v) is 21.9. The zero-order valence-corrected chi connectivity index (χ0v) is 58.1. The number of carboxylic acids is 1. The number of carbonyl (C=O) groups excluding carboxylic acids is 3. The predicted molar refractivity (Wildman–Crippen MR) is 273 cm³/mol. The van der Waals surface area contributed by atoms with Crippen LogP contribution in [0, 0.1) is 0 Å². The number of carbonyl (C=O) groups is 3. The summed E-state index contributed by atoms with van der Waals surface area (Å²) >= 11 is 0. The van der Waals surface area contributed by atoms with Crippen molar-refractivity contribution < 1.29 is 234 Å². The summed E-state index contributed by atoms with van der Waals surface area (Å²) in [5, 5.41) is 59.3. The number of nitrogen functional groups attached to an aromatic ring is 1. The van der Waals surface area contributed by atoms with Crippen molar-refractivity contribution in [3.8, 4) is 17.2 Å². The van der Waals surface area contributed by atoms with Gasteiger partial charge in [-0.3, -0.25) is 9.59 Å². The summed E-state index contributed by atoms with van der Waals surface area (Å²) in [6.07, 6.45) is 0. The number of hydrogen-bond acceptors (Lipinski definition) is 26. The summed E-state index contributed by atoms with van der Waals surface area (Å²) in [6, 6.07) is 22.2. The molecule has 0 heterocycles. The van der Waals surface area contributed by atoms with Gasteiger partial charge < -0.3 is 59.4 Å². The molecular weight excluding hydrogens is 1250 g/mol. The van der Waals surface area contributed by atoms with Gasteiger partial charge in [-0.05, 0) is 109 Å². The van der Waals surface area contributed by atoms with Gasteiger partial charge in [0.25, 0.3) is 11.8 Å². The molecule has 8 aromatic rings. The first-order chi connectivity index (χ1) is 37.5. The Kier molecular flexibility index (Phi) is 26.3. The van der Waals surface area contributed by atoms with Crippen LogP contribution in [-0.2, 0) is 40.5 Å². The summed E-state index contributed by atoms with van der Waals surface area (Å²) in [4.78, 5) is 33.6. The van der Waals surface area contributed by atoms with E-state index in [1.807, 2.05) is 0 Å². The smallest absolute Gasteiger partial charge is 0.744 e. The maximum atomic E-state index is 13.3. The number of azo groups is 3. The molecule has 6 N–H and O–H groups in total. The molecule has 0 aliphatic rings. The van der Waals surface area contributed by atoms with Gasteiger partial charge in [0, 0.05) is 50.3 Å². The number of rotatable bonds is 16. The molecule has 0 radical (unpaired) electrons. The topological polar surface area (TPSA) is 477 Å². The number of phenols is 2. The van der Waals surface area contributed by atoms with Crippen LogP contribution in [0.4, 0.5) is 51.2 Å². The van der Waals surface area contributed by atoms with Crippen molar-refractivity contribution in [2.45, 2.75) is 19.6 Å². The van der Waals surface area contributed by atoms with Gasteiger partial charge >= 0.3 is 148 Å². The van der Waals surface area contributed by atoms with E-state index < -0.39 is 134 Å². The minimum atomic E-state index is -5.72. The Morgan fingerprint density at radius 1 is 0.529 bits per heavy atom. The van der Waals surface area contributed by atoms with Crippen molar-refractivity contribution in [2.75, 3.05) is 23.5 Å². The van der Waals surface area contributed by atoms with Crippen molar-refractivity contribution >= 4 is 131 Å². The number of aromatic hydroxyl groups is 2. The van der Waals surface area contributed by atoms with Crippen LogP contribution >= 0.6 is 0 Å². The second kappa shape index (κ2) is 30.0. The Bertz CT molecular complexity index is 4570.